The predicted octanol–water partition coefficient (Wildman–Crippen LogP) is 9.29. The maximum atomic E-state index is 11.3. The number of nitrogens with one attached hydrogen (secondary N) is 9. The molecule has 8 heterocycles. The molecule has 17 N–H and O–H groups in total. The molecular formula is C66H93N29O8S. The Labute approximate surface area is 604 Å². The van der Waals surface area contributed by atoms with E-state index in [1.54, 1.807) is 24.8 Å². The Bertz CT molecular complexity index is 3880. The van der Waals surface area contributed by atoms with Crippen molar-refractivity contribution in [3.05, 3.63) is 159 Å². The van der Waals surface area contributed by atoms with Crippen LogP contribution >= 0.6 is 11.3 Å². The highest BCUT2D eigenvalue weighted by molar-refractivity contribution is 7.09. The first-order valence-electron chi connectivity index (χ1n) is 35.0. The zero-order valence-corrected chi connectivity index (χ0v) is 59.1. The van der Waals surface area contributed by atoms with Gasteiger partial charge in [-0.05, 0) is 164 Å². The number of nitrogens with zero attached hydrogens (tertiary/aromatic N) is 16. The first-order chi connectivity index (χ1) is 50.3. The standard InChI is InChI=1S/2C18H25N7O2.C15H22N8O2.C15H21N7O2S/c1-12-3-2-8-20-15(12)10-22-18-23-11-16(25(26)27)17(24-18)21-9-13-4-6-14(19)7-5-13;1-12-3-2-4-15(23-12)10-21-18-22-11-16(25(26)27)17(24-18)20-9-13-5-7-14(19)8-6-13;16-11-3-1-10(2-4-11)7-19-14-12(23(24)25)8-20-15(22-14)21-9-13-17-5-6-18-13;16-11-3-1-10(2-4-11)7-18-14-12(22(23)24)8-19-15(21-14)20-9-13-17-5-6-25-13/h2-3,8,11,13-14H,4-7,9-10,19H2,1H3,(H2,21,22,23,24);2-4,11,13-14H,5-10,19H2,1H3,(H2,20,21,22,24);5-6,8,10-11H,1-4,7,9,16H2,(H,17,18)(H2,19,20,21,22);5-6,8,10-11H,1-4,7,9,16H2,(H2,18,19,20,21). The van der Waals surface area contributed by atoms with Crippen molar-refractivity contribution >= 4 is 81.2 Å². The van der Waals surface area contributed by atoms with Gasteiger partial charge in [0.05, 0.1) is 57.3 Å². The lowest BCUT2D eigenvalue weighted by Gasteiger charge is -2.26. The van der Waals surface area contributed by atoms with Gasteiger partial charge in [0, 0.05) is 86.2 Å². The Balaban J connectivity index is 0.000000161. The number of pyridine rings is 2. The minimum absolute atomic E-state index is 0.118. The van der Waals surface area contributed by atoms with Crippen molar-refractivity contribution in [2.24, 2.45) is 46.6 Å². The van der Waals surface area contributed by atoms with Crippen LogP contribution in [0.3, 0.4) is 0 Å². The quantitative estimate of drug-likeness (QED) is 0.0160. The van der Waals surface area contributed by atoms with Crippen molar-refractivity contribution in [2.75, 3.05) is 68.7 Å². The summed E-state index contributed by atoms with van der Waals surface area (Å²) >= 11 is 1.52. The van der Waals surface area contributed by atoms with Gasteiger partial charge in [-0.15, -0.1) is 11.3 Å². The van der Waals surface area contributed by atoms with Gasteiger partial charge in [-0.3, -0.25) is 50.4 Å². The maximum absolute atomic E-state index is 11.3. The molecule has 0 radical (unpaired) electrons. The van der Waals surface area contributed by atoms with E-state index < -0.39 is 19.7 Å². The fourth-order valence-electron chi connectivity index (χ4n) is 12.2. The van der Waals surface area contributed by atoms with Crippen molar-refractivity contribution < 1.29 is 19.7 Å². The molecule has 0 saturated heterocycles. The summed E-state index contributed by atoms with van der Waals surface area (Å²) in [5, 5.41) is 72.5. The van der Waals surface area contributed by atoms with Crippen molar-refractivity contribution in [1.29, 1.82) is 0 Å². The number of imidazole rings is 1. The molecule has 0 aliphatic heterocycles. The van der Waals surface area contributed by atoms with Gasteiger partial charge in [0.1, 0.15) is 35.6 Å². The van der Waals surface area contributed by atoms with Crippen LogP contribution in [-0.2, 0) is 26.2 Å². The predicted molar refractivity (Wildman–Crippen MR) is 396 cm³/mol. The lowest BCUT2D eigenvalue weighted by molar-refractivity contribution is -0.384. The average Bonchev–Trinajstić information content (AvgIpc) is 1.02. The molecule has 4 fully saturated rings. The third kappa shape index (κ3) is 25.1. The number of H-pyrrole nitrogens is 1. The summed E-state index contributed by atoms with van der Waals surface area (Å²) in [5.74, 6) is 4.83. The summed E-state index contributed by atoms with van der Waals surface area (Å²) in [6.07, 6.45) is 27.9. The molecule has 38 heteroatoms. The topological polar surface area (TPSA) is 543 Å². The Hall–Kier alpha value is -10.7. The molecule has 556 valence electrons. The van der Waals surface area contributed by atoms with Gasteiger partial charge < -0.3 is 70.5 Å². The normalized spacial score (nSPS) is 19.8. The third-order valence-electron chi connectivity index (χ3n) is 18.4. The maximum Gasteiger partial charge on any atom is 0.329 e. The number of aromatic nitrogens is 13. The van der Waals surface area contributed by atoms with Gasteiger partial charge >= 0.3 is 22.7 Å². The van der Waals surface area contributed by atoms with Crippen LogP contribution in [0, 0.1) is 78.0 Å². The number of hydrogen-bond acceptors (Lipinski definition) is 33. The van der Waals surface area contributed by atoms with E-state index in [2.05, 4.69) is 107 Å². The largest absolute Gasteiger partial charge is 0.364 e. The second-order valence-corrected chi connectivity index (χ2v) is 27.3. The zero-order chi connectivity index (χ0) is 73.7. The van der Waals surface area contributed by atoms with E-state index in [0.717, 1.165) is 136 Å². The van der Waals surface area contributed by atoms with Crippen LogP contribution in [0.1, 0.15) is 136 Å². The number of aryl methyl sites for hydroxylation is 2. The van der Waals surface area contributed by atoms with Crippen molar-refractivity contribution in [3.63, 3.8) is 0 Å². The van der Waals surface area contributed by atoms with Gasteiger partial charge in [-0.2, -0.15) is 19.9 Å². The Morgan fingerprint density at radius 3 is 1.15 bits per heavy atom. The average molecular weight is 1450 g/mol. The highest BCUT2D eigenvalue weighted by atomic mass is 32.1. The van der Waals surface area contributed by atoms with E-state index in [1.165, 1.54) is 36.1 Å². The Kier molecular flexibility index (Phi) is 29.5. The fourth-order valence-corrected chi connectivity index (χ4v) is 12.8. The molecule has 12 rings (SSSR count). The van der Waals surface area contributed by atoms with E-state index in [4.69, 9.17) is 22.9 Å². The Morgan fingerprint density at radius 2 is 0.808 bits per heavy atom. The number of nitro groups is 4. The molecule has 0 unspecified atom stereocenters. The SMILES string of the molecule is Cc1cccc(CNc2ncc([N+](=O)[O-])c(NCC3CCC(N)CC3)n2)n1.Cc1cccnc1CNc1ncc([N+](=O)[O-])c(NCC2CCC(N)CC2)n1.NC1CCC(CNc2nc(NCc3ncc[nH]3)ncc2[N+](=O)[O-])CC1.NC1CCC(CNc2nc(NCc3nccs3)ncc2[N+](=O)[O-])CC1. The molecule has 0 spiro atoms. The molecule has 0 amide bonds. The van der Waals surface area contributed by atoms with Crippen molar-refractivity contribution in [1.82, 2.24) is 64.8 Å². The third-order valence-corrected chi connectivity index (χ3v) is 19.2. The molecule has 4 aliphatic rings. The minimum Gasteiger partial charge on any atom is -0.364 e. The van der Waals surface area contributed by atoms with E-state index in [9.17, 15) is 40.5 Å². The summed E-state index contributed by atoms with van der Waals surface area (Å²) in [7, 11) is 0. The van der Waals surface area contributed by atoms with E-state index >= 15 is 0 Å². The lowest BCUT2D eigenvalue weighted by Crippen LogP contribution is -2.29. The fraction of sp³-hybridized carbons (Fsp3) is 0.515. The molecule has 8 aromatic heterocycles. The number of rotatable bonds is 28. The van der Waals surface area contributed by atoms with E-state index in [-0.39, 0.29) is 70.2 Å². The van der Waals surface area contributed by atoms with Crippen LogP contribution in [0.25, 0.3) is 0 Å². The van der Waals surface area contributed by atoms with Gasteiger partial charge in [-0.1, -0.05) is 12.1 Å². The highest BCUT2D eigenvalue weighted by Crippen LogP contribution is 2.32. The van der Waals surface area contributed by atoms with E-state index in [0.29, 0.717) is 99.8 Å². The van der Waals surface area contributed by atoms with Crippen LogP contribution in [0.15, 0.2) is 85.3 Å². The van der Waals surface area contributed by atoms with Gasteiger partial charge in [0.15, 0.2) is 0 Å². The molecule has 8 aromatic rings. The molecule has 0 atom stereocenters. The van der Waals surface area contributed by atoms with E-state index in [1.807, 2.05) is 49.6 Å². The van der Waals surface area contributed by atoms with Crippen LogP contribution in [-0.4, -0.2) is 135 Å². The lowest BCUT2D eigenvalue weighted by atomic mass is 9.86. The molecular weight excluding hydrogens is 1360 g/mol. The summed E-state index contributed by atoms with van der Waals surface area (Å²) in [4.78, 5) is 96.3. The number of hydrogen-bond donors (Lipinski definition) is 13. The molecule has 4 saturated carbocycles. The number of nitrogens with two attached hydrogens (primary N) is 4. The monoisotopic (exact) mass is 1450 g/mol. The molecule has 37 nitrogen and oxygen atoms in total. The summed E-state index contributed by atoms with van der Waals surface area (Å²) < 4.78 is 0. The van der Waals surface area contributed by atoms with Crippen LogP contribution in [0.2, 0.25) is 0 Å². The van der Waals surface area contributed by atoms with Gasteiger partial charge in [-0.25, -0.2) is 29.9 Å². The smallest absolute Gasteiger partial charge is 0.329 e. The van der Waals surface area contributed by atoms with Crippen LogP contribution in [0.4, 0.5) is 69.8 Å². The van der Waals surface area contributed by atoms with Gasteiger partial charge in [0.25, 0.3) is 0 Å². The molecule has 0 bridgehead atoms. The molecule has 0 aromatic carbocycles. The molecule has 4 aliphatic carbocycles. The number of thiazole rings is 1. The highest BCUT2D eigenvalue weighted by Gasteiger charge is 2.27. The van der Waals surface area contributed by atoms with Crippen LogP contribution in [0.5, 0.6) is 0 Å². The summed E-state index contributed by atoms with van der Waals surface area (Å²) in [6.45, 7) is 8.26. The molecule has 104 heavy (non-hydrogen) atoms. The van der Waals surface area contributed by atoms with Gasteiger partial charge in [0.2, 0.25) is 47.1 Å². The number of anilines is 8. The van der Waals surface area contributed by atoms with Crippen LogP contribution < -0.4 is 65.5 Å². The number of aromatic amines is 1. The second kappa shape index (κ2) is 39.6. The first-order valence-corrected chi connectivity index (χ1v) is 35.8. The first kappa shape index (κ1) is 77.5. The zero-order valence-electron chi connectivity index (χ0n) is 58.3. The Morgan fingerprint density at radius 1 is 0.423 bits per heavy atom. The van der Waals surface area contributed by atoms with Crippen molar-refractivity contribution in [2.45, 2.75) is 167 Å². The van der Waals surface area contributed by atoms with Crippen molar-refractivity contribution in [3.8, 4) is 0 Å². The summed E-state index contributed by atoms with van der Waals surface area (Å²) in [6, 6.07) is 10.7. The minimum atomic E-state index is -0.477. The second-order valence-electron chi connectivity index (χ2n) is 26.3. The summed E-state index contributed by atoms with van der Waals surface area (Å²) in [5.41, 5.74) is 26.9.